The van der Waals surface area contributed by atoms with Crippen LogP contribution in [0, 0.1) is 11.8 Å². The molecular weight excluding hydrogens is 322 g/mol. The lowest BCUT2D eigenvalue weighted by Crippen LogP contribution is -2.32. The first-order valence-corrected chi connectivity index (χ1v) is 10.2. The largest absolute Gasteiger partial charge is 0.306 e. The van der Waals surface area contributed by atoms with Crippen molar-refractivity contribution in [3.8, 4) is 0 Å². The molecule has 0 unspecified atom stereocenters. The van der Waals surface area contributed by atoms with Gasteiger partial charge in [0.25, 0.3) is 0 Å². The molecule has 0 spiro atoms. The highest BCUT2D eigenvalue weighted by Gasteiger charge is 2.33. The number of nitrogens with zero attached hydrogens (tertiary/aromatic N) is 3. The van der Waals surface area contributed by atoms with Crippen LogP contribution in [0.3, 0.4) is 0 Å². The van der Waals surface area contributed by atoms with Crippen LogP contribution in [0.4, 0.5) is 0 Å². The van der Waals surface area contributed by atoms with Gasteiger partial charge in [-0.3, -0.25) is 4.79 Å². The highest BCUT2D eigenvalue weighted by molar-refractivity contribution is 5.85. The Kier molecular flexibility index (Phi) is 4.96. The van der Waals surface area contributed by atoms with E-state index < -0.39 is 0 Å². The fraction of sp³-hybridized carbons (Fsp3) is 0.682. The molecule has 26 heavy (non-hydrogen) atoms. The maximum absolute atomic E-state index is 11.9. The fourth-order valence-corrected chi connectivity index (χ4v) is 5.26. The molecule has 1 fully saturated rings. The number of rotatable bonds is 4. The Labute approximate surface area is 157 Å². The van der Waals surface area contributed by atoms with E-state index in [0.717, 1.165) is 44.1 Å². The molecule has 1 aromatic rings. The molecule has 0 bridgehead atoms. The monoisotopic (exact) mass is 353 g/mol. The van der Waals surface area contributed by atoms with E-state index in [0.29, 0.717) is 5.78 Å². The number of fused-ring (bicyclic) bond motifs is 2. The first-order chi connectivity index (χ1) is 12.5. The third-order valence-corrected chi connectivity index (χ3v) is 6.96. The molecular formula is C22H31N3O. The van der Waals surface area contributed by atoms with E-state index >= 15 is 0 Å². The number of ketones is 1. The summed E-state index contributed by atoms with van der Waals surface area (Å²) in [6, 6.07) is 0.742. The normalized spacial score (nSPS) is 28.2. The van der Waals surface area contributed by atoms with Crippen molar-refractivity contribution in [1.29, 1.82) is 0 Å². The van der Waals surface area contributed by atoms with E-state index in [2.05, 4.69) is 24.0 Å². The van der Waals surface area contributed by atoms with Gasteiger partial charge in [0.1, 0.15) is 12.1 Å². The predicted octanol–water partition coefficient (Wildman–Crippen LogP) is 3.84. The number of carbonyl (C=O) groups excluding carboxylic acids is 1. The van der Waals surface area contributed by atoms with Crippen LogP contribution in [-0.2, 0) is 17.6 Å². The summed E-state index contributed by atoms with van der Waals surface area (Å²) in [5, 5.41) is 0. The van der Waals surface area contributed by atoms with E-state index in [-0.39, 0.29) is 5.92 Å². The topological polar surface area (TPSA) is 46.1 Å². The van der Waals surface area contributed by atoms with Gasteiger partial charge in [-0.25, -0.2) is 9.97 Å². The second-order valence-corrected chi connectivity index (χ2v) is 8.79. The van der Waals surface area contributed by atoms with Crippen LogP contribution < -0.4 is 0 Å². The fourth-order valence-electron chi connectivity index (χ4n) is 5.26. The molecule has 3 aliphatic rings. The lowest BCUT2D eigenvalue weighted by atomic mass is 9.79. The quantitative estimate of drug-likeness (QED) is 0.825. The minimum atomic E-state index is 0.197. The molecule has 1 saturated carbocycles. The number of allylic oxidation sites excluding steroid dienone is 2. The second kappa shape index (κ2) is 7.22. The Morgan fingerprint density at radius 3 is 2.62 bits per heavy atom. The van der Waals surface area contributed by atoms with Crippen molar-refractivity contribution in [1.82, 2.24) is 14.9 Å². The maximum Gasteiger partial charge on any atom is 0.133 e. The van der Waals surface area contributed by atoms with Crippen LogP contribution in [0.25, 0.3) is 5.57 Å². The number of aromatic nitrogens is 2. The van der Waals surface area contributed by atoms with Crippen LogP contribution in [0.5, 0.6) is 0 Å². The summed E-state index contributed by atoms with van der Waals surface area (Å²) in [7, 11) is 4.40. The van der Waals surface area contributed by atoms with Crippen molar-refractivity contribution in [3.05, 3.63) is 28.9 Å². The van der Waals surface area contributed by atoms with E-state index in [4.69, 9.17) is 4.98 Å². The molecule has 0 aliphatic heterocycles. The lowest BCUT2D eigenvalue weighted by Gasteiger charge is -2.32. The average molecular weight is 354 g/mol. The first kappa shape index (κ1) is 17.8. The van der Waals surface area contributed by atoms with Gasteiger partial charge in [-0.15, -0.1) is 0 Å². The van der Waals surface area contributed by atoms with E-state index in [9.17, 15) is 4.79 Å². The van der Waals surface area contributed by atoms with Gasteiger partial charge in [0.2, 0.25) is 0 Å². The van der Waals surface area contributed by atoms with Crippen molar-refractivity contribution in [2.24, 2.45) is 11.8 Å². The summed E-state index contributed by atoms with van der Waals surface area (Å²) >= 11 is 0. The SMILES string of the molecule is CC(=O)[C@H]1CCC2=C(C1)c1c(ncnc1C[C@H]1CC[C@H](N(C)C)CC1)C2. The maximum atomic E-state index is 11.9. The van der Waals surface area contributed by atoms with Crippen LogP contribution in [-0.4, -0.2) is 40.8 Å². The van der Waals surface area contributed by atoms with Crippen LogP contribution in [0.15, 0.2) is 11.9 Å². The zero-order valence-electron chi connectivity index (χ0n) is 16.4. The standard InChI is InChI=1S/C22H31N3O/c1-14(26)16-6-7-17-12-21-22(19(17)11-16)20(23-13-24-21)10-15-4-8-18(9-5-15)25(2)3/h13,15-16,18H,4-12H2,1-3H3/t15-,16-,18-/m0/s1. The third kappa shape index (κ3) is 3.36. The minimum absolute atomic E-state index is 0.197. The number of hydrogen-bond acceptors (Lipinski definition) is 4. The molecule has 0 aromatic carbocycles. The molecule has 1 heterocycles. The van der Waals surface area contributed by atoms with E-state index in [1.165, 1.54) is 53.8 Å². The van der Waals surface area contributed by atoms with Crippen LogP contribution >= 0.6 is 0 Å². The zero-order valence-corrected chi connectivity index (χ0v) is 16.4. The van der Waals surface area contributed by atoms with Gasteiger partial charge < -0.3 is 4.90 Å². The first-order valence-electron chi connectivity index (χ1n) is 10.2. The molecule has 140 valence electrons. The molecule has 0 saturated heterocycles. The van der Waals surface area contributed by atoms with Gasteiger partial charge in [-0.05, 0) is 83.9 Å². The third-order valence-electron chi connectivity index (χ3n) is 6.96. The Morgan fingerprint density at radius 1 is 1.15 bits per heavy atom. The lowest BCUT2D eigenvalue weighted by molar-refractivity contribution is -0.120. The Balaban J connectivity index is 1.53. The molecule has 4 rings (SSSR count). The van der Waals surface area contributed by atoms with Crippen molar-refractivity contribution in [3.63, 3.8) is 0 Å². The van der Waals surface area contributed by atoms with Crippen LogP contribution in [0.2, 0.25) is 0 Å². The summed E-state index contributed by atoms with van der Waals surface area (Å²) in [4.78, 5) is 23.6. The summed E-state index contributed by atoms with van der Waals surface area (Å²) in [6.45, 7) is 1.75. The number of Topliss-reactive ketones (excluding diaryl/α,β-unsaturated/α-hetero) is 1. The number of carbonyl (C=O) groups is 1. The van der Waals surface area contributed by atoms with Crippen molar-refractivity contribution in [2.75, 3.05) is 14.1 Å². The summed E-state index contributed by atoms with van der Waals surface area (Å²) in [5.74, 6) is 1.27. The molecule has 4 nitrogen and oxygen atoms in total. The van der Waals surface area contributed by atoms with Crippen molar-refractivity contribution < 1.29 is 4.79 Å². The molecule has 0 N–H and O–H groups in total. The Bertz CT molecular complexity index is 729. The summed E-state index contributed by atoms with van der Waals surface area (Å²) in [5.41, 5.74) is 6.73. The molecule has 0 amide bonds. The van der Waals surface area contributed by atoms with E-state index in [1.54, 1.807) is 13.3 Å². The highest BCUT2D eigenvalue weighted by atomic mass is 16.1. The smallest absolute Gasteiger partial charge is 0.133 e. The predicted molar refractivity (Wildman–Crippen MR) is 104 cm³/mol. The van der Waals surface area contributed by atoms with Gasteiger partial charge in [0.15, 0.2) is 0 Å². The highest BCUT2D eigenvalue weighted by Crippen LogP contribution is 2.44. The second-order valence-electron chi connectivity index (χ2n) is 8.79. The van der Waals surface area contributed by atoms with E-state index in [1.807, 2.05) is 0 Å². The summed E-state index contributed by atoms with van der Waals surface area (Å²) in [6.07, 6.45) is 12.0. The molecule has 0 radical (unpaired) electrons. The number of hydrogen-bond donors (Lipinski definition) is 0. The van der Waals surface area contributed by atoms with Crippen molar-refractivity contribution in [2.45, 2.75) is 70.8 Å². The molecule has 1 atom stereocenters. The van der Waals surface area contributed by atoms with Crippen LogP contribution in [0.1, 0.15) is 68.8 Å². The van der Waals surface area contributed by atoms with Gasteiger partial charge in [-0.1, -0.05) is 5.57 Å². The van der Waals surface area contributed by atoms with Gasteiger partial charge >= 0.3 is 0 Å². The van der Waals surface area contributed by atoms with Gasteiger partial charge in [0, 0.05) is 23.9 Å². The Morgan fingerprint density at radius 2 is 1.92 bits per heavy atom. The molecule has 1 aromatic heterocycles. The van der Waals surface area contributed by atoms with Gasteiger partial charge in [0.05, 0.1) is 11.4 Å². The Hall–Kier alpha value is -1.55. The average Bonchev–Trinajstić information content (AvgIpc) is 3.00. The van der Waals surface area contributed by atoms with Crippen molar-refractivity contribution >= 4 is 11.4 Å². The van der Waals surface area contributed by atoms with Gasteiger partial charge in [-0.2, -0.15) is 0 Å². The minimum Gasteiger partial charge on any atom is -0.306 e. The zero-order chi connectivity index (χ0) is 18.3. The molecule has 4 heteroatoms. The molecule has 3 aliphatic carbocycles. The summed E-state index contributed by atoms with van der Waals surface area (Å²) < 4.78 is 0.